The first-order valence-electron chi connectivity index (χ1n) is 8.77. The number of guanidine groups is 1. The van der Waals surface area contributed by atoms with Gasteiger partial charge in [0.25, 0.3) is 5.91 Å². The largest absolute Gasteiger partial charge is 0.493 e. The molecule has 1 unspecified atom stereocenters. The molecule has 0 bridgehead atoms. The highest BCUT2D eigenvalue weighted by Crippen LogP contribution is 2.54. The molecule has 24 heavy (non-hydrogen) atoms. The van der Waals surface area contributed by atoms with E-state index in [2.05, 4.69) is 12.1 Å². The van der Waals surface area contributed by atoms with Gasteiger partial charge in [-0.1, -0.05) is 32.8 Å². The van der Waals surface area contributed by atoms with Crippen molar-refractivity contribution in [3.05, 3.63) is 29.3 Å². The third kappa shape index (κ3) is 1.87. The van der Waals surface area contributed by atoms with Crippen LogP contribution in [0.4, 0.5) is 0 Å². The highest BCUT2D eigenvalue weighted by atomic mass is 16.5. The molecule has 1 amide bonds. The van der Waals surface area contributed by atoms with Crippen molar-refractivity contribution < 1.29 is 9.53 Å². The maximum atomic E-state index is 13.2. The van der Waals surface area contributed by atoms with Crippen molar-refractivity contribution >= 4 is 11.9 Å². The first-order valence-corrected chi connectivity index (χ1v) is 8.77. The Morgan fingerprint density at radius 3 is 2.62 bits per heavy atom. The van der Waals surface area contributed by atoms with Crippen LogP contribution in [0.5, 0.6) is 5.75 Å². The van der Waals surface area contributed by atoms with Crippen molar-refractivity contribution in [2.24, 2.45) is 16.1 Å². The fraction of sp³-hybridized carbons (Fsp3) is 0.579. The quantitative estimate of drug-likeness (QED) is 0.862. The van der Waals surface area contributed by atoms with Crippen LogP contribution in [0.15, 0.2) is 23.2 Å². The maximum Gasteiger partial charge on any atom is 0.262 e. The zero-order valence-corrected chi connectivity index (χ0v) is 14.6. The van der Waals surface area contributed by atoms with E-state index in [1.165, 1.54) is 36.1 Å². The lowest BCUT2D eigenvalue weighted by atomic mass is 9.66. The number of nitrogens with two attached hydrogens (primary N) is 1. The van der Waals surface area contributed by atoms with Gasteiger partial charge < -0.3 is 10.5 Å². The average molecular weight is 327 g/mol. The Balaban J connectivity index is 1.91. The Hall–Kier alpha value is -2.04. The molecule has 0 aromatic heterocycles. The fourth-order valence-electron chi connectivity index (χ4n) is 4.45. The summed E-state index contributed by atoms with van der Waals surface area (Å²) in [6, 6.07) is 6.31. The lowest BCUT2D eigenvalue weighted by molar-refractivity contribution is -0.137. The maximum absolute atomic E-state index is 13.2. The molecule has 1 aliphatic carbocycles. The Morgan fingerprint density at radius 1 is 1.29 bits per heavy atom. The molecular formula is C19H25N3O2. The van der Waals surface area contributed by atoms with Crippen LogP contribution >= 0.6 is 0 Å². The summed E-state index contributed by atoms with van der Waals surface area (Å²) in [5.41, 5.74) is 6.76. The second-order valence-electron chi connectivity index (χ2n) is 7.95. The molecule has 0 radical (unpaired) electrons. The summed E-state index contributed by atoms with van der Waals surface area (Å²) >= 11 is 0. The minimum atomic E-state index is -0.978. The van der Waals surface area contributed by atoms with Gasteiger partial charge in [0.1, 0.15) is 5.75 Å². The number of carbonyl (C=O) groups is 1. The van der Waals surface area contributed by atoms with E-state index in [0.717, 1.165) is 11.3 Å². The van der Waals surface area contributed by atoms with Gasteiger partial charge in [0.05, 0.1) is 6.61 Å². The normalized spacial score (nSPS) is 28.9. The van der Waals surface area contributed by atoms with E-state index in [0.29, 0.717) is 12.5 Å². The number of hydrogen-bond acceptors (Lipinski definition) is 4. The number of rotatable bonds is 1. The van der Waals surface area contributed by atoms with Gasteiger partial charge in [0.2, 0.25) is 0 Å². The van der Waals surface area contributed by atoms with Crippen LogP contribution in [-0.2, 0) is 10.3 Å². The Bertz CT molecular complexity index is 734. The first kappa shape index (κ1) is 15.5. The molecule has 1 aromatic rings. The second-order valence-corrected chi connectivity index (χ2v) is 7.95. The summed E-state index contributed by atoms with van der Waals surface area (Å²) in [7, 11) is 1.70. The number of likely N-dealkylation sites (N-methyl/N-ethyl adjacent to an activating group) is 1. The molecule has 1 atom stereocenters. The standard InChI is InChI=1S/C19H25N3O2/c1-18(2)11-24-15-9-8-13(12-6-4-5-7-12)10-14(15)19(18)16(23)22(3)17(20)21-19/h8-10,12H,4-7,11H2,1-3H3,(H2,20,21). The summed E-state index contributed by atoms with van der Waals surface area (Å²) < 4.78 is 5.98. The van der Waals surface area contributed by atoms with E-state index < -0.39 is 11.0 Å². The van der Waals surface area contributed by atoms with Gasteiger partial charge in [0.15, 0.2) is 11.5 Å². The number of benzene rings is 1. The molecule has 1 saturated carbocycles. The van der Waals surface area contributed by atoms with E-state index in [-0.39, 0.29) is 11.9 Å². The van der Waals surface area contributed by atoms with Gasteiger partial charge >= 0.3 is 0 Å². The molecule has 1 aromatic carbocycles. The highest BCUT2D eigenvalue weighted by Gasteiger charge is 2.61. The predicted octanol–water partition coefficient (Wildman–Crippen LogP) is 2.74. The van der Waals surface area contributed by atoms with E-state index in [1.807, 2.05) is 19.9 Å². The molecule has 1 spiro atoms. The van der Waals surface area contributed by atoms with Crippen molar-refractivity contribution in [1.82, 2.24) is 4.90 Å². The van der Waals surface area contributed by atoms with E-state index in [9.17, 15) is 4.79 Å². The van der Waals surface area contributed by atoms with Crippen molar-refractivity contribution in [3.63, 3.8) is 0 Å². The van der Waals surface area contributed by atoms with Crippen LogP contribution in [0.1, 0.15) is 56.6 Å². The average Bonchev–Trinajstić information content (AvgIpc) is 3.16. The Kier molecular flexibility index (Phi) is 3.21. The van der Waals surface area contributed by atoms with Crippen LogP contribution in [0.2, 0.25) is 0 Å². The molecule has 5 heteroatoms. The van der Waals surface area contributed by atoms with Gasteiger partial charge in [-0.15, -0.1) is 0 Å². The zero-order valence-electron chi connectivity index (χ0n) is 14.6. The monoisotopic (exact) mass is 327 g/mol. The number of aliphatic imine (C=N–C) groups is 1. The summed E-state index contributed by atoms with van der Waals surface area (Å²) in [4.78, 5) is 19.3. The molecule has 2 aliphatic heterocycles. The number of fused-ring (bicyclic) bond motifs is 2. The number of hydrogen-bond donors (Lipinski definition) is 1. The fourth-order valence-corrected chi connectivity index (χ4v) is 4.45. The van der Waals surface area contributed by atoms with E-state index in [1.54, 1.807) is 7.05 Å². The number of nitrogens with zero attached hydrogens (tertiary/aromatic N) is 2. The lowest BCUT2D eigenvalue weighted by Crippen LogP contribution is -2.53. The smallest absolute Gasteiger partial charge is 0.262 e. The predicted molar refractivity (Wildman–Crippen MR) is 93.0 cm³/mol. The molecule has 3 aliphatic rings. The van der Waals surface area contributed by atoms with Crippen LogP contribution in [-0.4, -0.2) is 30.4 Å². The molecule has 2 N–H and O–H groups in total. The Morgan fingerprint density at radius 2 is 2.00 bits per heavy atom. The van der Waals surface area contributed by atoms with Gasteiger partial charge in [-0.25, -0.2) is 4.99 Å². The first-order chi connectivity index (χ1) is 11.4. The van der Waals surface area contributed by atoms with Crippen LogP contribution in [0, 0.1) is 5.41 Å². The van der Waals surface area contributed by atoms with Gasteiger partial charge in [-0.3, -0.25) is 9.69 Å². The van der Waals surface area contributed by atoms with Crippen LogP contribution in [0.3, 0.4) is 0 Å². The van der Waals surface area contributed by atoms with Gasteiger partial charge in [-0.2, -0.15) is 0 Å². The zero-order chi connectivity index (χ0) is 17.1. The molecule has 0 saturated heterocycles. The van der Waals surface area contributed by atoms with Crippen LogP contribution < -0.4 is 10.5 Å². The second kappa shape index (κ2) is 4.98. The molecule has 1 fully saturated rings. The summed E-state index contributed by atoms with van der Waals surface area (Å²) in [6.07, 6.45) is 4.99. The van der Waals surface area contributed by atoms with E-state index in [4.69, 9.17) is 15.5 Å². The number of ether oxygens (including phenoxy) is 1. The summed E-state index contributed by atoms with van der Waals surface area (Å²) in [5.74, 6) is 1.56. The van der Waals surface area contributed by atoms with Crippen molar-refractivity contribution in [3.8, 4) is 5.75 Å². The summed E-state index contributed by atoms with van der Waals surface area (Å²) in [5, 5.41) is 0. The highest BCUT2D eigenvalue weighted by molar-refractivity contribution is 6.08. The van der Waals surface area contributed by atoms with Crippen molar-refractivity contribution in [2.45, 2.75) is 51.0 Å². The third-order valence-electron chi connectivity index (χ3n) is 6.03. The molecule has 2 heterocycles. The molecular weight excluding hydrogens is 302 g/mol. The molecule has 128 valence electrons. The summed E-state index contributed by atoms with van der Waals surface area (Å²) in [6.45, 7) is 4.51. The topological polar surface area (TPSA) is 67.9 Å². The Labute approximate surface area is 142 Å². The third-order valence-corrected chi connectivity index (χ3v) is 6.03. The van der Waals surface area contributed by atoms with Gasteiger partial charge in [0, 0.05) is 18.0 Å². The SMILES string of the molecule is CN1C(=O)C2(N=C1N)c1cc(C3CCCC3)ccc1OCC2(C)C. The van der Waals surface area contributed by atoms with E-state index >= 15 is 0 Å². The number of amides is 1. The minimum absolute atomic E-state index is 0.0573. The van der Waals surface area contributed by atoms with Crippen molar-refractivity contribution in [1.29, 1.82) is 0 Å². The van der Waals surface area contributed by atoms with Gasteiger partial charge in [-0.05, 0) is 36.5 Å². The van der Waals surface area contributed by atoms with Crippen molar-refractivity contribution in [2.75, 3.05) is 13.7 Å². The lowest BCUT2D eigenvalue weighted by Gasteiger charge is -2.44. The number of carbonyl (C=O) groups excluding carboxylic acids is 1. The molecule has 4 rings (SSSR count). The molecule has 5 nitrogen and oxygen atoms in total. The van der Waals surface area contributed by atoms with Crippen LogP contribution in [0.25, 0.3) is 0 Å². The minimum Gasteiger partial charge on any atom is -0.493 e.